The molecule has 36 heavy (non-hydrogen) atoms. The highest BCUT2D eigenvalue weighted by molar-refractivity contribution is 6.15. The molecule has 4 rings (SSSR count). The van der Waals surface area contributed by atoms with E-state index in [1.807, 2.05) is 19.1 Å². The topological polar surface area (TPSA) is 125 Å². The third-order valence-corrected chi connectivity index (χ3v) is 5.37. The van der Waals surface area contributed by atoms with Gasteiger partial charge in [0.05, 0.1) is 5.56 Å². The molecule has 1 fully saturated rings. The summed E-state index contributed by atoms with van der Waals surface area (Å²) in [4.78, 5) is 49.2. The van der Waals surface area contributed by atoms with Gasteiger partial charge in [-0.2, -0.15) is 0 Å². The van der Waals surface area contributed by atoms with Gasteiger partial charge in [0.25, 0.3) is 5.91 Å². The van der Waals surface area contributed by atoms with Crippen LogP contribution in [0.3, 0.4) is 0 Å². The number of carbonyl (C=O) groups excluding carboxylic acids is 3. The monoisotopic (exact) mass is 485 g/mol. The van der Waals surface area contributed by atoms with Crippen molar-refractivity contribution < 1.29 is 29.0 Å². The van der Waals surface area contributed by atoms with Gasteiger partial charge in [-0.15, -0.1) is 0 Å². The number of benzene rings is 3. The lowest BCUT2D eigenvalue weighted by atomic mass is 10.1. The standard InChI is InChI=1S/C27H23N3O6/c1-17-5-9-21(10-6-17)28-24(31)15-30-25(32)23(29-27(30)35)14-18-7-11-22(12-8-18)36-16-19-3-2-4-20(13-19)26(33)34/h2-14H,15-16H2,1H3,(H,28,31)(H,29,35)(H,33,34)/b23-14+. The van der Waals surface area contributed by atoms with E-state index in [1.54, 1.807) is 54.6 Å². The summed E-state index contributed by atoms with van der Waals surface area (Å²) in [6.07, 6.45) is 1.51. The molecule has 9 heteroatoms. The summed E-state index contributed by atoms with van der Waals surface area (Å²) < 4.78 is 5.70. The number of aromatic carboxylic acids is 1. The predicted octanol–water partition coefficient (Wildman–Crippen LogP) is 3.80. The Bertz CT molecular complexity index is 1350. The van der Waals surface area contributed by atoms with Gasteiger partial charge in [0, 0.05) is 5.69 Å². The molecule has 0 saturated carbocycles. The van der Waals surface area contributed by atoms with Crippen LogP contribution in [0.2, 0.25) is 0 Å². The van der Waals surface area contributed by atoms with E-state index in [1.165, 1.54) is 12.1 Å². The minimum Gasteiger partial charge on any atom is -0.489 e. The van der Waals surface area contributed by atoms with Gasteiger partial charge in [-0.05, 0) is 60.5 Å². The molecule has 0 unspecified atom stereocenters. The fourth-order valence-corrected chi connectivity index (χ4v) is 3.48. The second kappa shape index (κ2) is 10.6. The van der Waals surface area contributed by atoms with Gasteiger partial charge in [-0.25, -0.2) is 14.5 Å². The van der Waals surface area contributed by atoms with E-state index in [0.29, 0.717) is 22.6 Å². The molecule has 0 radical (unpaired) electrons. The zero-order valence-corrected chi connectivity index (χ0v) is 19.4. The van der Waals surface area contributed by atoms with Crippen molar-refractivity contribution in [2.75, 3.05) is 11.9 Å². The van der Waals surface area contributed by atoms with Crippen LogP contribution in [0.15, 0.2) is 78.5 Å². The molecule has 3 N–H and O–H groups in total. The Hall–Kier alpha value is -4.92. The second-order valence-corrected chi connectivity index (χ2v) is 8.16. The molecule has 0 spiro atoms. The Morgan fingerprint density at radius 2 is 1.75 bits per heavy atom. The first kappa shape index (κ1) is 24.2. The third kappa shape index (κ3) is 5.95. The average molecular weight is 485 g/mol. The number of amides is 4. The highest BCUT2D eigenvalue weighted by Gasteiger charge is 2.34. The summed E-state index contributed by atoms with van der Waals surface area (Å²) >= 11 is 0. The highest BCUT2D eigenvalue weighted by atomic mass is 16.5. The average Bonchev–Trinajstić information content (AvgIpc) is 3.12. The van der Waals surface area contributed by atoms with E-state index >= 15 is 0 Å². The molecule has 182 valence electrons. The Morgan fingerprint density at radius 3 is 2.44 bits per heavy atom. The van der Waals surface area contributed by atoms with Crippen LogP contribution in [-0.4, -0.2) is 40.4 Å². The highest BCUT2D eigenvalue weighted by Crippen LogP contribution is 2.19. The van der Waals surface area contributed by atoms with Crippen LogP contribution in [0, 0.1) is 6.92 Å². The molecule has 1 heterocycles. The SMILES string of the molecule is Cc1ccc(NC(=O)CN2C(=O)N/C(=C/c3ccc(OCc4cccc(C(=O)O)c4)cc3)C2=O)cc1. The summed E-state index contributed by atoms with van der Waals surface area (Å²) in [7, 11) is 0. The van der Waals surface area contributed by atoms with Gasteiger partial charge in [-0.1, -0.05) is 42.0 Å². The minimum atomic E-state index is -1.01. The number of rotatable bonds is 8. The lowest BCUT2D eigenvalue weighted by Gasteiger charge is -2.12. The van der Waals surface area contributed by atoms with Crippen molar-refractivity contribution in [1.82, 2.24) is 10.2 Å². The van der Waals surface area contributed by atoms with Crippen LogP contribution >= 0.6 is 0 Å². The smallest absolute Gasteiger partial charge is 0.335 e. The first-order valence-electron chi connectivity index (χ1n) is 11.0. The Labute approximate surface area is 207 Å². The molecule has 1 saturated heterocycles. The third-order valence-electron chi connectivity index (χ3n) is 5.37. The molecule has 0 atom stereocenters. The fraction of sp³-hybridized carbons (Fsp3) is 0.111. The first-order valence-corrected chi connectivity index (χ1v) is 11.0. The number of carboxylic acids is 1. The quantitative estimate of drug-likeness (QED) is 0.329. The van der Waals surface area contributed by atoms with Crippen LogP contribution in [0.4, 0.5) is 10.5 Å². The number of urea groups is 1. The normalized spacial score (nSPS) is 14.0. The number of aryl methyl sites for hydroxylation is 1. The second-order valence-electron chi connectivity index (χ2n) is 8.16. The molecular formula is C27H23N3O6. The van der Waals surface area contributed by atoms with Gasteiger partial charge in [0.15, 0.2) is 0 Å². The van der Waals surface area contributed by atoms with E-state index in [9.17, 15) is 19.2 Å². The number of imide groups is 1. The van der Waals surface area contributed by atoms with Crippen molar-refractivity contribution in [3.63, 3.8) is 0 Å². The number of carboxylic acid groups (broad SMARTS) is 1. The van der Waals surface area contributed by atoms with Gasteiger partial charge < -0.3 is 20.5 Å². The number of hydrogen-bond donors (Lipinski definition) is 3. The van der Waals surface area contributed by atoms with Crippen molar-refractivity contribution in [1.29, 1.82) is 0 Å². The lowest BCUT2D eigenvalue weighted by molar-refractivity contribution is -0.127. The number of hydrogen-bond acceptors (Lipinski definition) is 5. The zero-order chi connectivity index (χ0) is 25.7. The summed E-state index contributed by atoms with van der Waals surface area (Å²) in [5.74, 6) is -1.54. The number of anilines is 1. The molecule has 0 aromatic heterocycles. The fourth-order valence-electron chi connectivity index (χ4n) is 3.48. The van der Waals surface area contributed by atoms with Gasteiger partial charge in [-0.3, -0.25) is 9.59 Å². The minimum absolute atomic E-state index is 0.0577. The van der Waals surface area contributed by atoms with Gasteiger partial charge in [0.1, 0.15) is 24.6 Å². The van der Waals surface area contributed by atoms with Gasteiger partial charge >= 0.3 is 12.0 Å². The van der Waals surface area contributed by atoms with Crippen LogP contribution in [0.1, 0.15) is 27.0 Å². The Morgan fingerprint density at radius 1 is 1.03 bits per heavy atom. The van der Waals surface area contributed by atoms with Gasteiger partial charge in [0.2, 0.25) is 5.91 Å². The molecule has 0 aliphatic carbocycles. The maximum atomic E-state index is 12.7. The first-order chi connectivity index (χ1) is 17.3. The number of carbonyl (C=O) groups is 4. The van der Waals surface area contributed by atoms with E-state index in [-0.39, 0.29) is 17.9 Å². The summed E-state index contributed by atoms with van der Waals surface area (Å²) in [5, 5.41) is 14.2. The molecule has 1 aliphatic rings. The Balaban J connectivity index is 1.35. The predicted molar refractivity (Wildman–Crippen MR) is 132 cm³/mol. The molecule has 0 bridgehead atoms. The summed E-state index contributed by atoms with van der Waals surface area (Å²) in [5.41, 5.74) is 3.22. The van der Waals surface area contributed by atoms with Crippen molar-refractivity contribution in [2.24, 2.45) is 0 Å². The maximum absolute atomic E-state index is 12.7. The van der Waals surface area contributed by atoms with Crippen LogP contribution in [-0.2, 0) is 16.2 Å². The van der Waals surface area contributed by atoms with E-state index in [4.69, 9.17) is 9.84 Å². The largest absolute Gasteiger partial charge is 0.489 e. The summed E-state index contributed by atoms with van der Waals surface area (Å²) in [6.45, 7) is 1.71. The van der Waals surface area contributed by atoms with Crippen molar-refractivity contribution in [3.05, 3.63) is 101 Å². The van der Waals surface area contributed by atoms with Crippen molar-refractivity contribution >= 4 is 35.6 Å². The van der Waals surface area contributed by atoms with Crippen LogP contribution in [0.25, 0.3) is 6.08 Å². The molecule has 3 aromatic carbocycles. The molecule has 4 amide bonds. The number of ether oxygens (including phenoxy) is 1. The van der Waals surface area contributed by atoms with Crippen LogP contribution in [0.5, 0.6) is 5.75 Å². The molecule has 1 aliphatic heterocycles. The van der Waals surface area contributed by atoms with Crippen molar-refractivity contribution in [3.8, 4) is 5.75 Å². The summed E-state index contributed by atoms with van der Waals surface area (Å²) in [6, 6.07) is 19.8. The number of nitrogens with one attached hydrogen (secondary N) is 2. The molecule has 3 aromatic rings. The van der Waals surface area contributed by atoms with E-state index in [0.717, 1.165) is 10.5 Å². The van der Waals surface area contributed by atoms with E-state index < -0.39 is 30.4 Å². The van der Waals surface area contributed by atoms with Crippen molar-refractivity contribution in [2.45, 2.75) is 13.5 Å². The lowest BCUT2D eigenvalue weighted by Crippen LogP contribution is -2.38. The molecule has 9 nitrogen and oxygen atoms in total. The zero-order valence-electron chi connectivity index (χ0n) is 19.4. The molecular weight excluding hydrogens is 462 g/mol. The van der Waals surface area contributed by atoms with E-state index in [2.05, 4.69) is 10.6 Å². The van der Waals surface area contributed by atoms with Crippen LogP contribution < -0.4 is 15.4 Å². The maximum Gasteiger partial charge on any atom is 0.335 e. The Kier molecular flexibility index (Phi) is 7.10. The number of nitrogens with zero attached hydrogens (tertiary/aromatic N) is 1.